The van der Waals surface area contributed by atoms with Crippen LogP contribution in [-0.2, 0) is 6.54 Å². The van der Waals surface area contributed by atoms with Crippen molar-refractivity contribution in [3.63, 3.8) is 0 Å². The molecule has 4 rings (SSSR count). The first kappa shape index (κ1) is 19.8. The quantitative estimate of drug-likeness (QED) is 0.450. The van der Waals surface area contributed by atoms with Crippen molar-refractivity contribution in [2.45, 2.75) is 6.54 Å². The van der Waals surface area contributed by atoms with Crippen LogP contribution >= 0.6 is 11.3 Å². The van der Waals surface area contributed by atoms with Crippen molar-refractivity contribution >= 4 is 32.6 Å². The SMILES string of the molecule is COc1ccc(C(=O)N(Cc2cccnc2)c2nc3c(F)cccc3s2)c(OC)c1. The number of ether oxygens (including phenoxy) is 2. The number of fused-ring (bicyclic) bond motifs is 1. The number of nitrogens with zero attached hydrogens (tertiary/aromatic N) is 3. The molecule has 6 nitrogen and oxygen atoms in total. The third-order valence-electron chi connectivity index (χ3n) is 4.54. The van der Waals surface area contributed by atoms with Gasteiger partial charge < -0.3 is 9.47 Å². The zero-order valence-corrected chi connectivity index (χ0v) is 17.1. The number of hydrogen-bond acceptors (Lipinski definition) is 6. The van der Waals surface area contributed by atoms with Gasteiger partial charge in [0.05, 0.1) is 31.0 Å². The number of hydrogen-bond donors (Lipinski definition) is 0. The number of para-hydroxylation sites is 1. The van der Waals surface area contributed by atoms with Gasteiger partial charge in [-0.05, 0) is 35.9 Å². The zero-order chi connectivity index (χ0) is 21.1. The van der Waals surface area contributed by atoms with Crippen LogP contribution in [0.15, 0.2) is 60.9 Å². The summed E-state index contributed by atoms with van der Waals surface area (Å²) in [7, 11) is 3.03. The summed E-state index contributed by atoms with van der Waals surface area (Å²) in [6, 6.07) is 13.4. The fourth-order valence-corrected chi connectivity index (χ4v) is 4.02. The standard InChI is InChI=1S/C22H18FN3O3S/c1-28-15-8-9-16(18(11-15)29-2)21(27)26(13-14-5-4-10-24-12-14)22-25-20-17(23)6-3-7-19(20)30-22/h3-12H,13H2,1-2H3. The molecular formula is C22H18FN3O3S. The molecule has 2 heterocycles. The van der Waals surface area contributed by atoms with E-state index in [2.05, 4.69) is 9.97 Å². The number of rotatable bonds is 6. The van der Waals surface area contributed by atoms with Gasteiger partial charge in [-0.15, -0.1) is 0 Å². The van der Waals surface area contributed by atoms with E-state index in [1.54, 1.807) is 55.9 Å². The van der Waals surface area contributed by atoms with E-state index >= 15 is 0 Å². The molecule has 0 N–H and O–H groups in total. The predicted octanol–water partition coefficient (Wildman–Crippen LogP) is 4.69. The van der Waals surface area contributed by atoms with Crippen molar-refractivity contribution in [1.29, 1.82) is 0 Å². The molecule has 0 saturated carbocycles. The maximum atomic E-state index is 14.2. The van der Waals surface area contributed by atoms with Crippen molar-refractivity contribution in [2.75, 3.05) is 19.1 Å². The highest BCUT2D eigenvalue weighted by Crippen LogP contribution is 2.34. The maximum Gasteiger partial charge on any atom is 0.264 e. The number of amides is 1. The first-order valence-corrected chi connectivity index (χ1v) is 9.90. The molecule has 1 amide bonds. The van der Waals surface area contributed by atoms with E-state index in [1.807, 2.05) is 6.07 Å². The molecule has 0 spiro atoms. The molecule has 0 aliphatic rings. The van der Waals surface area contributed by atoms with Crippen LogP contribution in [0.4, 0.5) is 9.52 Å². The largest absolute Gasteiger partial charge is 0.497 e. The van der Waals surface area contributed by atoms with Gasteiger partial charge in [-0.1, -0.05) is 23.5 Å². The lowest BCUT2D eigenvalue weighted by molar-refractivity contribution is 0.0982. The van der Waals surface area contributed by atoms with Gasteiger partial charge in [-0.25, -0.2) is 9.37 Å². The van der Waals surface area contributed by atoms with Gasteiger partial charge in [0.1, 0.15) is 22.8 Å². The minimum atomic E-state index is -0.425. The van der Waals surface area contributed by atoms with Crippen molar-refractivity contribution < 1.29 is 18.7 Å². The molecule has 0 aliphatic heterocycles. The summed E-state index contributed by atoms with van der Waals surface area (Å²) >= 11 is 1.25. The number of anilines is 1. The van der Waals surface area contributed by atoms with Gasteiger partial charge in [0.2, 0.25) is 0 Å². The lowest BCUT2D eigenvalue weighted by Gasteiger charge is -2.21. The van der Waals surface area contributed by atoms with Gasteiger partial charge >= 0.3 is 0 Å². The van der Waals surface area contributed by atoms with E-state index in [1.165, 1.54) is 29.4 Å². The Morgan fingerprint density at radius 3 is 2.70 bits per heavy atom. The van der Waals surface area contributed by atoms with Crippen LogP contribution in [0.3, 0.4) is 0 Å². The topological polar surface area (TPSA) is 64.5 Å². The van der Waals surface area contributed by atoms with Gasteiger partial charge in [-0.3, -0.25) is 14.7 Å². The second kappa shape index (κ2) is 8.46. The zero-order valence-electron chi connectivity index (χ0n) is 16.3. The Morgan fingerprint density at radius 2 is 2.00 bits per heavy atom. The number of benzene rings is 2. The summed E-state index contributed by atoms with van der Waals surface area (Å²) < 4.78 is 25.5. The predicted molar refractivity (Wildman–Crippen MR) is 114 cm³/mol. The van der Waals surface area contributed by atoms with E-state index in [9.17, 15) is 9.18 Å². The third-order valence-corrected chi connectivity index (χ3v) is 5.58. The normalized spacial score (nSPS) is 10.8. The van der Waals surface area contributed by atoms with E-state index < -0.39 is 5.82 Å². The Bertz CT molecular complexity index is 1200. The molecule has 0 bridgehead atoms. The first-order valence-electron chi connectivity index (χ1n) is 9.08. The molecule has 0 saturated heterocycles. The number of carbonyl (C=O) groups is 1. The number of carbonyl (C=O) groups excluding carboxylic acids is 1. The Labute approximate surface area is 176 Å². The average molecular weight is 423 g/mol. The van der Waals surface area contributed by atoms with Crippen LogP contribution in [0.1, 0.15) is 15.9 Å². The molecule has 0 atom stereocenters. The Kier molecular flexibility index (Phi) is 5.58. The monoisotopic (exact) mass is 423 g/mol. The maximum absolute atomic E-state index is 14.2. The van der Waals surface area contributed by atoms with Crippen molar-refractivity contribution in [1.82, 2.24) is 9.97 Å². The minimum Gasteiger partial charge on any atom is -0.497 e. The average Bonchev–Trinajstić information content (AvgIpc) is 3.22. The first-order chi connectivity index (χ1) is 14.6. The van der Waals surface area contributed by atoms with E-state index in [-0.39, 0.29) is 18.0 Å². The van der Waals surface area contributed by atoms with Crippen LogP contribution in [0, 0.1) is 5.82 Å². The van der Waals surface area contributed by atoms with Crippen LogP contribution in [-0.4, -0.2) is 30.1 Å². The van der Waals surface area contributed by atoms with E-state index in [0.717, 1.165) is 5.56 Å². The summed E-state index contributed by atoms with van der Waals surface area (Å²) in [5.41, 5.74) is 1.41. The molecule has 30 heavy (non-hydrogen) atoms. The molecule has 0 aliphatic carbocycles. The Balaban J connectivity index is 1.80. The minimum absolute atomic E-state index is 0.225. The van der Waals surface area contributed by atoms with Gasteiger partial charge in [0.15, 0.2) is 5.13 Å². The number of halogens is 1. The number of aromatic nitrogens is 2. The second-order valence-corrected chi connectivity index (χ2v) is 7.41. The van der Waals surface area contributed by atoms with Crippen molar-refractivity contribution in [3.8, 4) is 11.5 Å². The fourth-order valence-electron chi connectivity index (χ4n) is 3.04. The van der Waals surface area contributed by atoms with E-state index in [0.29, 0.717) is 26.9 Å². The number of thiazole rings is 1. The highest BCUT2D eigenvalue weighted by molar-refractivity contribution is 7.22. The third kappa shape index (κ3) is 3.81. The molecule has 0 fully saturated rings. The van der Waals surface area contributed by atoms with Crippen LogP contribution in [0.25, 0.3) is 10.2 Å². The summed E-state index contributed by atoms with van der Waals surface area (Å²) in [6.07, 6.45) is 3.34. The van der Waals surface area contributed by atoms with Gasteiger partial charge in [0, 0.05) is 18.5 Å². The number of pyridine rings is 1. The highest BCUT2D eigenvalue weighted by Gasteiger charge is 2.25. The lowest BCUT2D eigenvalue weighted by Crippen LogP contribution is -2.30. The Hall–Kier alpha value is -3.52. The summed E-state index contributed by atoms with van der Waals surface area (Å²) in [6.45, 7) is 0.225. The molecule has 2 aromatic carbocycles. The summed E-state index contributed by atoms with van der Waals surface area (Å²) in [4.78, 5) is 23.6. The molecule has 0 unspecified atom stereocenters. The molecule has 2 aromatic heterocycles. The second-order valence-electron chi connectivity index (χ2n) is 6.40. The molecule has 8 heteroatoms. The Morgan fingerprint density at radius 1 is 1.13 bits per heavy atom. The molecule has 152 valence electrons. The fraction of sp³-hybridized carbons (Fsp3) is 0.136. The number of methoxy groups -OCH3 is 2. The molecule has 0 radical (unpaired) electrons. The smallest absolute Gasteiger partial charge is 0.264 e. The van der Waals surface area contributed by atoms with E-state index in [4.69, 9.17) is 9.47 Å². The summed E-state index contributed by atoms with van der Waals surface area (Å²) in [5, 5.41) is 0.391. The van der Waals surface area contributed by atoms with Crippen LogP contribution in [0.5, 0.6) is 11.5 Å². The van der Waals surface area contributed by atoms with Crippen LogP contribution in [0.2, 0.25) is 0 Å². The van der Waals surface area contributed by atoms with Crippen LogP contribution < -0.4 is 14.4 Å². The lowest BCUT2D eigenvalue weighted by atomic mass is 10.1. The highest BCUT2D eigenvalue weighted by atomic mass is 32.1. The molecule has 4 aromatic rings. The van der Waals surface area contributed by atoms with Gasteiger partial charge in [-0.2, -0.15) is 0 Å². The summed E-state index contributed by atoms with van der Waals surface area (Å²) in [5.74, 6) is 0.204. The molecular weight excluding hydrogens is 405 g/mol. The van der Waals surface area contributed by atoms with Crippen molar-refractivity contribution in [2.24, 2.45) is 0 Å². The van der Waals surface area contributed by atoms with Crippen molar-refractivity contribution in [3.05, 3.63) is 77.9 Å². The van der Waals surface area contributed by atoms with Gasteiger partial charge in [0.25, 0.3) is 5.91 Å².